The molecule has 32 heavy (non-hydrogen) atoms. The van der Waals surface area contributed by atoms with E-state index in [1.165, 1.54) is 10.8 Å². The standard InChI is InChI=1S/C27H22N2O3/c30-26-24-19-11-12-20(14-19)25(24)27(31)29(26)28-15-17-5-3-9-22(13-17)32-16-21-8-4-7-18-6-1-2-10-23(18)21/h1-13,15,19-20,24-25H,14,16H2/b28-15-/t19-,20-,24-,25+/m0/s1. The van der Waals surface area contributed by atoms with Crippen LogP contribution < -0.4 is 4.74 Å². The van der Waals surface area contributed by atoms with Gasteiger partial charge in [-0.2, -0.15) is 10.1 Å². The third kappa shape index (κ3) is 3.04. The van der Waals surface area contributed by atoms with Crippen LogP contribution in [0.4, 0.5) is 0 Å². The molecule has 158 valence electrons. The molecule has 0 N–H and O–H groups in total. The Bertz CT molecular complexity index is 1260. The maximum Gasteiger partial charge on any atom is 0.254 e. The molecule has 6 rings (SSSR count). The van der Waals surface area contributed by atoms with Crippen molar-refractivity contribution in [3.05, 3.63) is 90.0 Å². The Hall–Kier alpha value is -3.73. The normalized spacial score (nSPS) is 25.9. The van der Waals surface area contributed by atoms with E-state index < -0.39 is 0 Å². The fraction of sp³-hybridized carbons (Fsp3) is 0.222. The third-order valence-electron chi connectivity index (χ3n) is 6.90. The van der Waals surface area contributed by atoms with E-state index in [0.717, 1.165) is 22.6 Å². The van der Waals surface area contributed by atoms with E-state index in [1.807, 2.05) is 42.5 Å². The fourth-order valence-electron chi connectivity index (χ4n) is 5.39. The number of hydrogen-bond acceptors (Lipinski definition) is 4. The van der Waals surface area contributed by atoms with Gasteiger partial charge in [-0.05, 0) is 52.3 Å². The van der Waals surface area contributed by atoms with Crippen molar-refractivity contribution in [1.82, 2.24) is 5.01 Å². The van der Waals surface area contributed by atoms with Crippen LogP contribution in [0.15, 0.2) is 84.0 Å². The summed E-state index contributed by atoms with van der Waals surface area (Å²) in [6, 6.07) is 21.9. The number of imide groups is 1. The zero-order valence-electron chi connectivity index (χ0n) is 17.4. The number of allylic oxidation sites excluding steroid dienone is 2. The van der Waals surface area contributed by atoms with Crippen LogP contribution in [0.3, 0.4) is 0 Å². The molecule has 1 saturated carbocycles. The van der Waals surface area contributed by atoms with Crippen molar-refractivity contribution in [1.29, 1.82) is 0 Å². The van der Waals surface area contributed by atoms with Crippen LogP contribution >= 0.6 is 0 Å². The van der Waals surface area contributed by atoms with Crippen molar-refractivity contribution in [2.45, 2.75) is 13.0 Å². The highest BCUT2D eigenvalue weighted by Gasteiger charge is 2.59. The second-order valence-corrected chi connectivity index (χ2v) is 8.73. The summed E-state index contributed by atoms with van der Waals surface area (Å²) in [5.74, 6) is 0.280. The van der Waals surface area contributed by atoms with Crippen LogP contribution in [0.5, 0.6) is 5.75 Å². The predicted molar refractivity (Wildman–Crippen MR) is 122 cm³/mol. The lowest BCUT2D eigenvalue weighted by Gasteiger charge is -2.13. The van der Waals surface area contributed by atoms with Gasteiger partial charge in [0.25, 0.3) is 11.8 Å². The van der Waals surface area contributed by atoms with Crippen LogP contribution in [-0.4, -0.2) is 23.0 Å². The summed E-state index contributed by atoms with van der Waals surface area (Å²) in [5, 5.41) is 7.69. The summed E-state index contributed by atoms with van der Waals surface area (Å²) in [4.78, 5) is 25.5. The van der Waals surface area contributed by atoms with Crippen molar-refractivity contribution in [3.8, 4) is 5.75 Å². The third-order valence-corrected chi connectivity index (χ3v) is 6.90. The molecule has 0 spiro atoms. The van der Waals surface area contributed by atoms with E-state index in [0.29, 0.717) is 12.4 Å². The van der Waals surface area contributed by atoms with Crippen LogP contribution in [0.1, 0.15) is 17.5 Å². The molecule has 3 aliphatic rings. The first-order valence-corrected chi connectivity index (χ1v) is 11.0. The number of nitrogens with zero attached hydrogens (tertiary/aromatic N) is 2. The number of amides is 2. The highest BCUT2D eigenvalue weighted by atomic mass is 16.5. The number of benzene rings is 3. The van der Waals surface area contributed by atoms with Gasteiger partial charge in [-0.3, -0.25) is 9.59 Å². The second-order valence-electron chi connectivity index (χ2n) is 8.73. The molecule has 0 aromatic heterocycles. The van der Waals surface area contributed by atoms with Gasteiger partial charge in [0, 0.05) is 0 Å². The van der Waals surface area contributed by atoms with Gasteiger partial charge in [-0.1, -0.05) is 66.7 Å². The number of rotatable bonds is 5. The Kier molecular flexibility index (Phi) is 4.42. The van der Waals surface area contributed by atoms with Crippen molar-refractivity contribution < 1.29 is 14.3 Å². The first-order valence-electron chi connectivity index (χ1n) is 11.0. The monoisotopic (exact) mass is 422 g/mol. The maximum atomic E-state index is 12.8. The van der Waals surface area contributed by atoms with Crippen LogP contribution in [0.25, 0.3) is 10.8 Å². The van der Waals surface area contributed by atoms with E-state index in [4.69, 9.17) is 4.74 Å². The van der Waals surface area contributed by atoms with Crippen LogP contribution in [0, 0.1) is 23.7 Å². The lowest BCUT2D eigenvalue weighted by molar-refractivity contribution is -0.140. The molecule has 5 heteroatoms. The summed E-state index contributed by atoms with van der Waals surface area (Å²) in [6.45, 7) is 0.449. The van der Waals surface area contributed by atoms with Crippen molar-refractivity contribution in [2.24, 2.45) is 28.8 Å². The number of carbonyl (C=O) groups is 2. The van der Waals surface area contributed by atoms with Crippen LogP contribution in [0.2, 0.25) is 0 Å². The van der Waals surface area contributed by atoms with E-state index >= 15 is 0 Å². The topological polar surface area (TPSA) is 59.0 Å². The van der Waals surface area contributed by atoms with Gasteiger partial charge in [0.15, 0.2) is 0 Å². The molecule has 0 radical (unpaired) electrons. The first-order chi connectivity index (χ1) is 15.7. The molecule has 1 heterocycles. The highest BCUT2D eigenvalue weighted by molar-refractivity contribution is 6.06. The molecule has 0 unspecified atom stereocenters. The molecular formula is C27H22N2O3. The molecule has 3 aromatic carbocycles. The Morgan fingerprint density at radius 2 is 1.62 bits per heavy atom. The molecule has 5 nitrogen and oxygen atoms in total. The first kappa shape index (κ1) is 19.0. The lowest BCUT2D eigenvalue weighted by Crippen LogP contribution is -2.28. The van der Waals surface area contributed by atoms with E-state index in [9.17, 15) is 9.59 Å². The summed E-state index contributed by atoms with van der Waals surface area (Å²) in [6.07, 6.45) is 6.65. The molecule has 2 bridgehead atoms. The Morgan fingerprint density at radius 1 is 0.906 bits per heavy atom. The van der Waals surface area contributed by atoms with Crippen molar-refractivity contribution in [3.63, 3.8) is 0 Å². The van der Waals surface area contributed by atoms with Gasteiger partial charge in [0.05, 0.1) is 18.1 Å². The second kappa shape index (κ2) is 7.45. The predicted octanol–water partition coefficient (Wildman–Crippen LogP) is 4.56. The number of hydrazone groups is 1. The van der Waals surface area contributed by atoms with E-state index in [1.54, 1.807) is 6.21 Å². The minimum atomic E-state index is -0.231. The summed E-state index contributed by atoms with van der Waals surface area (Å²) in [7, 11) is 0. The summed E-state index contributed by atoms with van der Waals surface area (Å²) >= 11 is 0. The molecule has 4 atom stereocenters. The number of fused-ring (bicyclic) bond motifs is 6. The maximum absolute atomic E-state index is 12.8. The molecule has 2 fully saturated rings. The minimum absolute atomic E-state index is 0.170. The van der Waals surface area contributed by atoms with Gasteiger partial charge in [0.2, 0.25) is 0 Å². The highest BCUT2D eigenvalue weighted by Crippen LogP contribution is 2.52. The smallest absolute Gasteiger partial charge is 0.254 e. The zero-order chi connectivity index (χ0) is 21.7. The minimum Gasteiger partial charge on any atom is -0.489 e. The SMILES string of the molecule is O=C1[C@@H]2[C@H](C(=O)N1/N=C\c1cccc(OCc3cccc4ccccc34)c1)[C@H]1C=C[C@H]2C1. The molecule has 2 amide bonds. The average molecular weight is 422 g/mol. The fourth-order valence-corrected chi connectivity index (χ4v) is 5.39. The Balaban J connectivity index is 1.17. The molecule has 3 aromatic rings. The van der Waals surface area contributed by atoms with Gasteiger partial charge in [0.1, 0.15) is 12.4 Å². The van der Waals surface area contributed by atoms with Gasteiger partial charge in [-0.15, -0.1) is 0 Å². The number of carbonyl (C=O) groups excluding carboxylic acids is 2. The largest absolute Gasteiger partial charge is 0.489 e. The quantitative estimate of drug-likeness (QED) is 0.344. The van der Waals surface area contributed by atoms with Crippen LogP contribution in [-0.2, 0) is 16.2 Å². The zero-order valence-corrected chi connectivity index (χ0v) is 17.4. The number of hydrogen-bond donors (Lipinski definition) is 0. The van der Waals surface area contributed by atoms with E-state index in [2.05, 4.69) is 41.5 Å². The van der Waals surface area contributed by atoms with Gasteiger partial charge in [-0.25, -0.2) is 0 Å². The molecular weight excluding hydrogens is 400 g/mol. The molecule has 1 aliphatic heterocycles. The average Bonchev–Trinajstić information content (AvgIpc) is 3.51. The Labute approximate surface area is 186 Å². The Morgan fingerprint density at radius 3 is 2.44 bits per heavy atom. The van der Waals surface area contributed by atoms with Crippen molar-refractivity contribution >= 4 is 28.8 Å². The summed E-state index contributed by atoms with van der Waals surface area (Å²) < 4.78 is 6.03. The number of ether oxygens (including phenoxy) is 1. The molecule has 2 aliphatic carbocycles. The lowest BCUT2D eigenvalue weighted by atomic mass is 9.85. The van der Waals surface area contributed by atoms with Gasteiger partial charge < -0.3 is 4.74 Å². The van der Waals surface area contributed by atoms with E-state index in [-0.39, 0.29) is 35.5 Å². The molecule has 1 saturated heterocycles. The van der Waals surface area contributed by atoms with Gasteiger partial charge >= 0.3 is 0 Å². The summed E-state index contributed by atoms with van der Waals surface area (Å²) in [5.41, 5.74) is 1.89. The van der Waals surface area contributed by atoms with Crippen molar-refractivity contribution in [2.75, 3.05) is 0 Å².